The standard InChI is InChI=1S/C44H65ClN10O7S2/c45-34-15-13-33(14-16-34)37-31-64-44(49-37)55(52-35-9-3-4-10-35)30-36-29-54(53-51-36)20-8-2-1-7-18-46-41(57)17-21-59-23-25-61-27-28-62-26-24-60-22-19-47-40(56)12-6-5-11-39-42-38(32-63-39)48-43(58)50-42/h13-16,29,31,38-39,42H,1-12,17-28,30,32H2,(H,46,57)(H,47,56)(H2,48,50,58)/t38-,39-,42-/m0/s1. The molecule has 2 aliphatic heterocycles. The average Bonchev–Trinajstić information content (AvgIpc) is 4.16. The molecule has 3 aliphatic rings. The van der Waals surface area contributed by atoms with Gasteiger partial charge in [0.15, 0.2) is 0 Å². The molecule has 352 valence electrons. The van der Waals surface area contributed by atoms with Crippen LogP contribution in [-0.4, -0.2) is 133 Å². The minimum absolute atomic E-state index is 0.0108. The van der Waals surface area contributed by atoms with E-state index in [1.807, 2.05) is 51.9 Å². The summed E-state index contributed by atoms with van der Waals surface area (Å²) < 4.78 is 24.0. The van der Waals surface area contributed by atoms with Gasteiger partial charge in [-0.2, -0.15) is 16.9 Å². The van der Waals surface area contributed by atoms with E-state index in [1.165, 1.54) is 18.6 Å². The lowest BCUT2D eigenvalue weighted by Gasteiger charge is -2.16. The summed E-state index contributed by atoms with van der Waals surface area (Å²) >= 11 is 9.56. The van der Waals surface area contributed by atoms with Crippen molar-refractivity contribution in [2.24, 2.45) is 5.10 Å². The highest BCUT2D eigenvalue weighted by Crippen LogP contribution is 2.33. The Morgan fingerprint density at radius 3 is 2.33 bits per heavy atom. The smallest absolute Gasteiger partial charge is 0.315 e. The van der Waals surface area contributed by atoms with Crippen LogP contribution in [0.25, 0.3) is 11.3 Å². The third kappa shape index (κ3) is 17.9. The number of halogens is 1. The van der Waals surface area contributed by atoms with Crippen molar-refractivity contribution in [1.82, 2.24) is 41.2 Å². The highest BCUT2D eigenvalue weighted by molar-refractivity contribution is 8.00. The largest absolute Gasteiger partial charge is 0.379 e. The minimum Gasteiger partial charge on any atom is -0.379 e. The summed E-state index contributed by atoms with van der Waals surface area (Å²) in [5, 5.41) is 31.6. The Morgan fingerprint density at radius 1 is 0.844 bits per heavy atom. The van der Waals surface area contributed by atoms with E-state index in [2.05, 4.69) is 37.0 Å². The topological polar surface area (TPSA) is 195 Å². The number of unbranched alkanes of at least 4 members (excludes halogenated alkanes) is 4. The van der Waals surface area contributed by atoms with Gasteiger partial charge < -0.3 is 40.2 Å². The maximum Gasteiger partial charge on any atom is 0.315 e. The van der Waals surface area contributed by atoms with Gasteiger partial charge in [-0.15, -0.1) is 16.4 Å². The number of hydrazone groups is 1. The summed E-state index contributed by atoms with van der Waals surface area (Å²) in [6, 6.07) is 8.11. The van der Waals surface area contributed by atoms with Gasteiger partial charge in [0.25, 0.3) is 0 Å². The fourth-order valence-electron chi connectivity index (χ4n) is 7.63. The molecule has 0 spiro atoms. The van der Waals surface area contributed by atoms with E-state index in [0.717, 1.165) is 92.2 Å². The number of ether oxygens (including phenoxy) is 4. The van der Waals surface area contributed by atoms with Crippen LogP contribution in [-0.2, 0) is 41.6 Å². The zero-order valence-electron chi connectivity index (χ0n) is 36.8. The second kappa shape index (κ2) is 28.2. The van der Waals surface area contributed by atoms with E-state index in [-0.39, 0.29) is 29.9 Å². The van der Waals surface area contributed by atoms with E-state index in [4.69, 9.17) is 40.6 Å². The van der Waals surface area contributed by atoms with Crippen molar-refractivity contribution < 1.29 is 33.3 Å². The Hall–Kier alpha value is -3.85. The molecule has 3 aromatic rings. The molecule has 1 aromatic carbocycles. The Morgan fingerprint density at radius 2 is 1.55 bits per heavy atom. The van der Waals surface area contributed by atoms with Crippen molar-refractivity contribution in [3.8, 4) is 11.3 Å². The summed E-state index contributed by atoms with van der Waals surface area (Å²) in [4.78, 5) is 40.7. The Labute approximate surface area is 389 Å². The number of hydrogen-bond acceptors (Lipinski definition) is 14. The van der Waals surface area contributed by atoms with Crippen LogP contribution in [0.4, 0.5) is 9.93 Å². The van der Waals surface area contributed by atoms with E-state index in [1.54, 1.807) is 11.3 Å². The van der Waals surface area contributed by atoms with Gasteiger partial charge in [-0.1, -0.05) is 48.2 Å². The molecule has 4 N–H and O–H groups in total. The third-order valence-corrected chi connectivity index (χ3v) is 13.7. The Kier molecular flexibility index (Phi) is 21.9. The van der Waals surface area contributed by atoms with Crippen LogP contribution in [0.2, 0.25) is 5.02 Å². The Balaban J connectivity index is 0.685. The molecule has 4 amide bonds. The van der Waals surface area contributed by atoms with Crippen molar-refractivity contribution >= 4 is 63.4 Å². The number of anilines is 1. The first-order valence-corrected chi connectivity index (χ1v) is 25.2. The summed E-state index contributed by atoms with van der Waals surface area (Å²) in [7, 11) is 0. The maximum atomic E-state index is 12.2. The van der Waals surface area contributed by atoms with Gasteiger partial charge in [0.1, 0.15) is 5.69 Å². The predicted octanol–water partition coefficient (Wildman–Crippen LogP) is 5.97. The quantitative estimate of drug-likeness (QED) is 0.0326. The van der Waals surface area contributed by atoms with Crippen LogP contribution in [0.15, 0.2) is 40.9 Å². The summed E-state index contributed by atoms with van der Waals surface area (Å²) in [6.45, 7) is 5.83. The Bertz CT molecular complexity index is 1880. The molecular weight excluding hydrogens is 880 g/mol. The number of thioether (sulfide) groups is 1. The fraction of sp³-hybridized carbons (Fsp3) is 0.659. The molecule has 2 saturated heterocycles. The lowest BCUT2D eigenvalue weighted by molar-refractivity contribution is -0.122. The number of benzene rings is 1. The summed E-state index contributed by atoms with van der Waals surface area (Å²) in [5.41, 5.74) is 3.97. The molecule has 3 fully saturated rings. The molecule has 0 unspecified atom stereocenters. The number of aryl methyl sites for hydroxylation is 1. The number of rotatable bonds is 32. The van der Waals surface area contributed by atoms with Crippen LogP contribution in [0, 0.1) is 0 Å². The van der Waals surface area contributed by atoms with Crippen LogP contribution >= 0.6 is 34.7 Å². The number of aromatic nitrogens is 4. The first-order valence-electron chi connectivity index (χ1n) is 22.9. The average molecular weight is 946 g/mol. The number of carbonyl (C=O) groups is 3. The van der Waals surface area contributed by atoms with Gasteiger partial charge in [0.2, 0.25) is 16.9 Å². The number of carbonyl (C=O) groups excluding carboxylic acids is 3. The van der Waals surface area contributed by atoms with Gasteiger partial charge >= 0.3 is 6.03 Å². The number of urea groups is 1. The number of fused-ring (bicyclic) bond motifs is 1. The van der Waals surface area contributed by atoms with E-state index in [0.29, 0.717) is 95.6 Å². The van der Waals surface area contributed by atoms with Crippen molar-refractivity contribution in [2.45, 2.75) is 114 Å². The second-order valence-corrected chi connectivity index (χ2v) is 18.7. The molecule has 1 aliphatic carbocycles. The van der Waals surface area contributed by atoms with Gasteiger partial charge in [-0.05, 0) is 63.5 Å². The van der Waals surface area contributed by atoms with E-state index >= 15 is 0 Å². The van der Waals surface area contributed by atoms with Gasteiger partial charge in [0.05, 0.1) is 83.4 Å². The van der Waals surface area contributed by atoms with Crippen LogP contribution < -0.4 is 26.3 Å². The highest BCUT2D eigenvalue weighted by Gasteiger charge is 2.42. The van der Waals surface area contributed by atoms with Crippen molar-refractivity contribution in [2.75, 3.05) is 76.7 Å². The molecular formula is C44H65ClN10O7S2. The molecule has 4 heterocycles. The molecule has 1 saturated carbocycles. The molecule has 0 radical (unpaired) electrons. The van der Waals surface area contributed by atoms with Crippen molar-refractivity contribution in [3.63, 3.8) is 0 Å². The molecule has 17 nitrogen and oxygen atoms in total. The molecule has 2 aromatic heterocycles. The second-order valence-electron chi connectivity index (χ2n) is 16.1. The molecule has 6 rings (SSSR count). The summed E-state index contributed by atoms with van der Waals surface area (Å²) in [6.07, 6.45) is 14.0. The minimum atomic E-state index is -0.0639. The molecule has 20 heteroatoms. The van der Waals surface area contributed by atoms with Gasteiger partial charge in [-0.25, -0.2) is 14.8 Å². The van der Waals surface area contributed by atoms with Crippen LogP contribution in [0.1, 0.15) is 89.2 Å². The summed E-state index contributed by atoms with van der Waals surface area (Å²) in [5.74, 6) is 0.980. The maximum absolute atomic E-state index is 12.2. The number of thiazole rings is 1. The van der Waals surface area contributed by atoms with Crippen LogP contribution in [0.5, 0.6) is 0 Å². The van der Waals surface area contributed by atoms with Crippen molar-refractivity contribution in [3.05, 3.63) is 46.6 Å². The highest BCUT2D eigenvalue weighted by atomic mass is 35.5. The normalized spacial score (nSPS) is 17.9. The molecule has 0 bridgehead atoms. The van der Waals surface area contributed by atoms with Gasteiger partial charge in [0, 0.05) is 65.2 Å². The lowest BCUT2D eigenvalue weighted by Crippen LogP contribution is -2.36. The van der Waals surface area contributed by atoms with Crippen LogP contribution in [0.3, 0.4) is 0 Å². The van der Waals surface area contributed by atoms with Crippen molar-refractivity contribution in [1.29, 1.82) is 0 Å². The van der Waals surface area contributed by atoms with Gasteiger partial charge in [-0.3, -0.25) is 14.3 Å². The number of amides is 4. The first-order chi connectivity index (χ1) is 31.4. The molecule has 64 heavy (non-hydrogen) atoms. The lowest BCUT2D eigenvalue weighted by atomic mass is 10.0. The fourth-order valence-corrected chi connectivity index (χ4v) is 10.1. The molecule has 3 atom stereocenters. The number of nitrogens with one attached hydrogen (secondary N) is 4. The van der Waals surface area contributed by atoms with E-state index < -0.39 is 0 Å². The zero-order valence-corrected chi connectivity index (χ0v) is 39.2. The number of hydrogen-bond donors (Lipinski definition) is 4. The third-order valence-electron chi connectivity index (χ3n) is 11.1. The number of nitrogens with zero attached hydrogens (tertiary/aromatic N) is 6. The first kappa shape index (κ1) is 49.6. The SMILES string of the molecule is O=C(CCCC[C@@H]1SC[C@@H]2NC(=O)N[C@@H]21)NCCOCCOCCOCCOCCC(=O)NCCCCCCn1cc(CN(N=C2CCCC2)c2nc(-c3ccc(Cl)cc3)cs2)nn1. The zero-order chi connectivity index (χ0) is 44.6. The predicted molar refractivity (Wildman–Crippen MR) is 251 cm³/mol. The van der Waals surface area contributed by atoms with E-state index in [9.17, 15) is 14.4 Å². The monoisotopic (exact) mass is 944 g/mol.